The summed E-state index contributed by atoms with van der Waals surface area (Å²) in [5, 5.41) is 4.39. The standard InChI is InChI=1S/C17H24N2O/c1-12(2)9-13(3)20-17-10-14(11-18-4)15-7-5-6-8-16(15)19-17/h5-8,10,12-13,18H,9,11H2,1-4H3. The van der Waals surface area contributed by atoms with Crippen LogP contribution < -0.4 is 10.1 Å². The van der Waals surface area contributed by atoms with Crippen molar-refractivity contribution in [2.45, 2.75) is 39.8 Å². The SMILES string of the molecule is CNCc1cc(OC(C)CC(C)C)nc2ccccc12. The number of hydrogen-bond donors (Lipinski definition) is 1. The molecule has 0 saturated heterocycles. The van der Waals surface area contributed by atoms with Gasteiger partial charge in [0.05, 0.1) is 11.6 Å². The fourth-order valence-corrected chi connectivity index (χ4v) is 2.54. The quantitative estimate of drug-likeness (QED) is 0.869. The largest absolute Gasteiger partial charge is 0.475 e. The van der Waals surface area contributed by atoms with Crippen molar-refractivity contribution in [2.75, 3.05) is 7.05 Å². The maximum Gasteiger partial charge on any atom is 0.214 e. The van der Waals surface area contributed by atoms with Crippen molar-refractivity contribution in [1.29, 1.82) is 0 Å². The van der Waals surface area contributed by atoms with Crippen LogP contribution in [0.2, 0.25) is 0 Å². The molecule has 0 fully saturated rings. The molecule has 0 radical (unpaired) electrons. The zero-order chi connectivity index (χ0) is 14.5. The zero-order valence-corrected chi connectivity index (χ0v) is 12.8. The first-order valence-electron chi connectivity index (χ1n) is 7.30. The average molecular weight is 272 g/mol. The summed E-state index contributed by atoms with van der Waals surface area (Å²) in [5.74, 6) is 1.35. The summed E-state index contributed by atoms with van der Waals surface area (Å²) in [5.41, 5.74) is 2.22. The molecule has 2 aromatic rings. The first-order chi connectivity index (χ1) is 9.60. The normalized spacial score (nSPS) is 12.8. The van der Waals surface area contributed by atoms with E-state index in [9.17, 15) is 0 Å². The van der Waals surface area contributed by atoms with Crippen molar-refractivity contribution in [2.24, 2.45) is 5.92 Å². The Labute approximate surface area is 121 Å². The number of pyridine rings is 1. The number of para-hydroxylation sites is 1. The van der Waals surface area contributed by atoms with Crippen molar-refractivity contribution in [1.82, 2.24) is 10.3 Å². The second kappa shape index (κ2) is 6.71. The van der Waals surface area contributed by atoms with E-state index in [0.29, 0.717) is 5.92 Å². The maximum atomic E-state index is 5.98. The molecule has 1 heterocycles. The first-order valence-corrected chi connectivity index (χ1v) is 7.30. The van der Waals surface area contributed by atoms with Gasteiger partial charge in [-0.3, -0.25) is 0 Å². The van der Waals surface area contributed by atoms with E-state index in [1.54, 1.807) is 0 Å². The molecule has 1 aromatic heterocycles. The van der Waals surface area contributed by atoms with Gasteiger partial charge in [-0.1, -0.05) is 32.0 Å². The highest BCUT2D eigenvalue weighted by Gasteiger charge is 2.10. The molecule has 2 rings (SSSR count). The summed E-state index contributed by atoms with van der Waals surface area (Å²) in [7, 11) is 1.96. The van der Waals surface area contributed by atoms with Crippen LogP contribution in [0.1, 0.15) is 32.8 Å². The van der Waals surface area contributed by atoms with Crippen LogP contribution in [0.3, 0.4) is 0 Å². The van der Waals surface area contributed by atoms with Gasteiger partial charge in [0, 0.05) is 18.0 Å². The van der Waals surface area contributed by atoms with Crippen LogP contribution in [-0.4, -0.2) is 18.1 Å². The van der Waals surface area contributed by atoms with Gasteiger partial charge in [0.1, 0.15) is 0 Å². The van der Waals surface area contributed by atoms with Crippen molar-refractivity contribution in [3.05, 3.63) is 35.9 Å². The molecule has 20 heavy (non-hydrogen) atoms. The first kappa shape index (κ1) is 14.8. The number of hydrogen-bond acceptors (Lipinski definition) is 3. The molecule has 0 spiro atoms. The third-order valence-electron chi connectivity index (χ3n) is 3.27. The lowest BCUT2D eigenvalue weighted by molar-refractivity contribution is 0.186. The third kappa shape index (κ3) is 3.70. The van der Waals surface area contributed by atoms with Crippen LogP contribution in [0.4, 0.5) is 0 Å². The molecule has 1 aromatic carbocycles. The van der Waals surface area contributed by atoms with Gasteiger partial charge in [-0.15, -0.1) is 0 Å². The molecule has 0 bridgehead atoms. The van der Waals surface area contributed by atoms with Gasteiger partial charge in [-0.05, 0) is 37.9 Å². The highest BCUT2D eigenvalue weighted by atomic mass is 16.5. The second-order valence-electron chi connectivity index (χ2n) is 5.73. The minimum Gasteiger partial charge on any atom is -0.475 e. The Morgan fingerprint density at radius 3 is 2.65 bits per heavy atom. The summed E-state index contributed by atoms with van der Waals surface area (Å²) in [6.07, 6.45) is 1.22. The van der Waals surface area contributed by atoms with Gasteiger partial charge in [0.15, 0.2) is 0 Å². The molecule has 0 saturated carbocycles. The van der Waals surface area contributed by atoms with Crippen LogP contribution >= 0.6 is 0 Å². The molecule has 1 atom stereocenters. The van der Waals surface area contributed by atoms with E-state index < -0.39 is 0 Å². The monoisotopic (exact) mass is 272 g/mol. The fraction of sp³-hybridized carbons (Fsp3) is 0.471. The van der Waals surface area contributed by atoms with Crippen molar-refractivity contribution in [3.8, 4) is 5.88 Å². The van der Waals surface area contributed by atoms with Gasteiger partial charge in [0.25, 0.3) is 0 Å². The number of ether oxygens (including phenoxy) is 1. The smallest absolute Gasteiger partial charge is 0.214 e. The van der Waals surface area contributed by atoms with E-state index in [0.717, 1.165) is 24.4 Å². The molecule has 0 aliphatic rings. The maximum absolute atomic E-state index is 5.98. The number of fused-ring (bicyclic) bond motifs is 1. The Kier molecular flexibility index (Phi) is 4.96. The Hall–Kier alpha value is -1.61. The van der Waals surface area contributed by atoms with E-state index in [4.69, 9.17) is 4.74 Å². The minimum atomic E-state index is 0.186. The Morgan fingerprint density at radius 1 is 1.20 bits per heavy atom. The molecule has 108 valence electrons. The summed E-state index contributed by atoms with van der Waals surface area (Å²) < 4.78 is 5.98. The molecular weight excluding hydrogens is 248 g/mol. The van der Waals surface area contributed by atoms with E-state index in [-0.39, 0.29) is 6.10 Å². The van der Waals surface area contributed by atoms with Gasteiger partial charge < -0.3 is 10.1 Å². The van der Waals surface area contributed by atoms with Gasteiger partial charge in [-0.2, -0.15) is 0 Å². The van der Waals surface area contributed by atoms with Crippen molar-refractivity contribution in [3.63, 3.8) is 0 Å². The van der Waals surface area contributed by atoms with Crippen LogP contribution in [-0.2, 0) is 6.54 Å². The molecule has 0 aliphatic heterocycles. The molecule has 3 nitrogen and oxygen atoms in total. The van der Waals surface area contributed by atoms with E-state index in [2.05, 4.69) is 43.2 Å². The van der Waals surface area contributed by atoms with Gasteiger partial charge in [0.2, 0.25) is 5.88 Å². The van der Waals surface area contributed by atoms with Crippen LogP contribution in [0.15, 0.2) is 30.3 Å². The van der Waals surface area contributed by atoms with E-state index in [1.807, 2.05) is 25.2 Å². The topological polar surface area (TPSA) is 34.1 Å². The van der Waals surface area contributed by atoms with Crippen LogP contribution in [0.5, 0.6) is 5.88 Å². The van der Waals surface area contributed by atoms with Crippen LogP contribution in [0, 0.1) is 5.92 Å². The molecule has 0 amide bonds. The van der Waals surface area contributed by atoms with E-state index >= 15 is 0 Å². The van der Waals surface area contributed by atoms with Gasteiger partial charge >= 0.3 is 0 Å². The fourth-order valence-electron chi connectivity index (χ4n) is 2.54. The third-order valence-corrected chi connectivity index (χ3v) is 3.27. The highest BCUT2D eigenvalue weighted by Crippen LogP contribution is 2.23. The second-order valence-corrected chi connectivity index (χ2v) is 5.73. The number of benzene rings is 1. The van der Waals surface area contributed by atoms with Gasteiger partial charge in [-0.25, -0.2) is 4.98 Å². The number of nitrogens with one attached hydrogen (secondary N) is 1. The zero-order valence-electron chi connectivity index (χ0n) is 12.8. The Bertz CT molecular complexity index is 566. The Morgan fingerprint density at radius 2 is 1.95 bits per heavy atom. The summed E-state index contributed by atoms with van der Waals surface area (Å²) >= 11 is 0. The van der Waals surface area contributed by atoms with Crippen molar-refractivity contribution >= 4 is 10.9 Å². The number of aromatic nitrogens is 1. The predicted molar refractivity (Wildman–Crippen MR) is 84.1 cm³/mol. The average Bonchev–Trinajstić information content (AvgIpc) is 2.38. The minimum absolute atomic E-state index is 0.186. The van der Waals surface area contributed by atoms with E-state index in [1.165, 1.54) is 10.9 Å². The number of nitrogens with zero attached hydrogens (tertiary/aromatic N) is 1. The number of rotatable bonds is 6. The lowest BCUT2D eigenvalue weighted by Crippen LogP contribution is -2.15. The predicted octanol–water partition coefficient (Wildman–Crippen LogP) is 3.77. The molecule has 0 aliphatic carbocycles. The Balaban J connectivity index is 2.29. The summed E-state index contributed by atoms with van der Waals surface area (Å²) in [6.45, 7) is 7.34. The molecule has 1 unspecified atom stereocenters. The molecular formula is C17H24N2O. The summed E-state index contributed by atoms with van der Waals surface area (Å²) in [6, 6.07) is 10.3. The lowest BCUT2D eigenvalue weighted by Gasteiger charge is -2.17. The lowest BCUT2D eigenvalue weighted by atomic mass is 10.1. The van der Waals surface area contributed by atoms with Crippen LogP contribution in [0.25, 0.3) is 10.9 Å². The summed E-state index contributed by atoms with van der Waals surface area (Å²) in [4.78, 5) is 4.62. The molecule has 3 heteroatoms. The van der Waals surface area contributed by atoms with Crippen molar-refractivity contribution < 1.29 is 4.74 Å². The highest BCUT2D eigenvalue weighted by molar-refractivity contribution is 5.82. The molecule has 1 N–H and O–H groups in total.